The molecule has 0 aromatic heterocycles. The van der Waals surface area contributed by atoms with Gasteiger partial charge in [0.2, 0.25) is 5.91 Å². The first-order valence-electron chi connectivity index (χ1n) is 25.3. The van der Waals surface area contributed by atoms with Gasteiger partial charge in [0.1, 0.15) is 0 Å². The smallest absolute Gasteiger partial charge is 0.305 e. The van der Waals surface area contributed by atoms with Crippen LogP contribution in [0.1, 0.15) is 258 Å². The largest absolute Gasteiger partial charge is 0.466 e. The zero-order valence-electron chi connectivity index (χ0n) is 38.5. The summed E-state index contributed by atoms with van der Waals surface area (Å²) in [7, 11) is 0. The van der Waals surface area contributed by atoms with Crippen molar-refractivity contribution in [3.8, 4) is 0 Å². The van der Waals surface area contributed by atoms with E-state index in [0.717, 1.165) is 64.2 Å². The van der Waals surface area contributed by atoms with E-state index in [9.17, 15) is 19.8 Å². The average Bonchev–Trinajstić information content (AvgIpc) is 3.22. The van der Waals surface area contributed by atoms with Gasteiger partial charge in [0.05, 0.1) is 25.4 Å². The molecule has 0 aliphatic carbocycles. The third kappa shape index (κ3) is 43.7. The van der Waals surface area contributed by atoms with Crippen LogP contribution in [0.5, 0.6) is 0 Å². The minimum Gasteiger partial charge on any atom is -0.466 e. The predicted octanol–water partition coefficient (Wildman–Crippen LogP) is 14.9. The van der Waals surface area contributed by atoms with E-state index in [1.807, 2.05) is 6.08 Å². The molecule has 6 heteroatoms. The van der Waals surface area contributed by atoms with Crippen molar-refractivity contribution in [1.82, 2.24) is 5.32 Å². The molecule has 6 nitrogen and oxygen atoms in total. The highest BCUT2D eigenvalue weighted by Gasteiger charge is 2.18. The summed E-state index contributed by atoms with van der Waals surface area (Å²) in [4.78, 5) is 24.5. The van der Waals surface area contributed by atoms with Crippen molar-refractivity contribution in [3.63, 3.8) is 0 Å². The Hall–Kier alpha value is -1.92. The molecule has 2 atom stereocenters. The Morgan fingerprint density at radius 2 is 0.862 bits per heavy atom. The fraction of sp³-hybridized carbons (Fsp3) is 0.846. The first-order chi connectivity index (χ1) is 28.5. The molecular weight excluding hydrogens is 719 g/mol. The van der Waals surface area contributed by atoms with E-state index in [0.29, 0.717) is 19.4 Å². The number of ether oxygens (including phenoxy) is 1. The average molecular weight is 816 g/mol. The standard InChI is InChI=1S/C52H97NO5/c1-3-5-7-9-11-13-15-17-19-20-21-23-25-30-34-38-42-46-52(57)58-47-43-39-35-31-27-26-29-33-37-41-45-51(56)53-49(48-54)50(55)44-40-36-32-28-24-22-18-16-14-12-10-8-6-4-2/h11,13,17,19,40,44,49-50,54-55H,3-10,12,14-16,18,20-39,41-43,45-48H2,1-2H3,(H,53,56)/b13-11-,19-17-,44-40+. The highest BCUT2D eigenvalue weighted by Crippen LogP contribution is 2.15. The fourth-order valence-electron chi connectivity index (χ4n) is 7.49. The molecule has 3 N–H and O–H groups in total. The van der Waals surface area contributed by atoms with E-state index >= 15 is 0 Å². The Morgan fingerprint density at radius 1 is 0.483 bits per heavy atom. The Labute approximate surface area is 360 Å². The molecule has 0 fully saturated rings. The number of amides is 1. The number of aliphatic hydroxyl groups excluding tert-OH is 2. The number of rotatable bonds is 46. The van der Waals surface area contributed by atoms with Gasteiger partial charge in [-0.3, -0.25) is 9.59 Å². The van der Waals surface area contributed by atoms with E-state index in [-0.39, 0.29) is 18.5 Å². The fourth-order valence-corrected chi connectivity index (χ4v) is 7.49. The van der Waals surface area contributed by atoms with Gasteiger partial charge in [0.25, 0.3) is 0 Å². The summed E-state index contributed by atoms with van der Waals surface area (Å²) in [6, 6.07) is -0.645. The molecule has 0 rings (SSSR count). The van der Waals surface area contributed by atoms with Crippen LogP contribution in [-0.4, -0.2) is 47.4 Å². The van der Waals surface area contributed by atoms with Gasteiger partial charge in [0, 0.05) is 12.8 Å². The lowest BCUT2D eigenvalue weighted by atomic mass is 10.0. The quantitative estimate of drug-likeness (QED) is 0.0323. The Morgan fingerprint density at radius 3 is 1.34 bits per heavy atom. The molecule has 2 unspecified atom stereocenters. The van der Waals surface area contributed by atoms with Gasteiger partial charge in [-0.2, -0.15) is 0 Å². The molecule has 0 aliphatic rings. The van der Waals surface area contributed by atoms with Crippen LogP contribution in [0.2, 0.25) is 0 Å². The number of hydrogen-bond acceptors (Lipinski definition) is 5. The van der Waals surface area contributed by atoms with E-state index in [4.69, 9.17) is 4.74 Å². The van der Waals surface area contributed by atoms with Crippen LogP contribution in [0, 0.1) is 0 Å². The van der Waals surface area contributed by atoms with E-state index in [2.05, 4.69) is 43.5 Å². The summed E-state index contributed by atoms with van der Waals surface area (Å²) in [6.45, 7) is 4.81. The van der Waals surface area contributed by atoms with Crippen molar-refractivity contribution < 1.29 is 24.5 Å². The van der Waals surface area contributed by atoms with Crippen molar-refractivity contribution in [2.45, 2.75) is 270 Å². The third-order valence-corrected chi connectivity index (χ3v) is 11.4. The maximum Gasteiger partial charge on any atom is 0.305 e. The van der Waals surface area contributed by atoms with Gasteiger partial charge in [-0.25, -0.2) is 0 Å². The molecule has 0 saturated carbocycles. The van der Waals surface area contributed by atoms with Gasteiger partial charge >= 0.3 is 5.97 Å². The molecule has 0 saturated heterocycles. The van der Waals surface area contributed by atoms with Gasteiger partial charge in [-0.15, -0.1) is 0 Å². The van der Waals surface area contributed by atoms with Crippen molar-refractivity contribution in [2.75, 3.05) is 13.2 Å². The van der Waals surface area contributed by atoms with Crippen molar-refractivity contribution in [3.05, 3.63) is 36.5 Å². The number of esters is 1. The summed E-state index contributed by atoms with van der Waals surface area (Å²) in [5, 5.41) is 23.0. The maximum absolute atomic E-state index is 12.4. The molecular formula is C52H97NO5. The lowest BCUT2D eigenvalue weighted by Crippen LogP contribution is -2.45. The zero-order valence-corrected chi connectivity index (χ0v) is 38.5. The van der Waals surface area contributed by atoms with Crippen LogP contribution < -0.4 is 5.32 Å². The molecule has 0 spiro atoms. The van der Waals surface area contributed by atoms with Crippen molar-refractivity contribution in [1.29, 1.82) is 0 Å². The normalized spacial score (nSPS) is 13.0. The molecule has 0 aliphatic heterocycles. The summed E-state index contributed by atoms with van der Waals surface area (Å²) >= 11 is 0. The second kappa shape index (κ2) is 47.8. The monoisotopic (exact) mass is 816 g/mol. The van der Waals surface area contributed by atoms with Crippen LogP contribution in [0.25, 0.3) is 0 Å². The Bertz CT molecular complexity index is 946. The number of carbonyl (C=O) groups is 2. The van der Waals surface area contributed by atoms with Crippen LogP contribution in [0.3, 0.4) is 0 Å². The molecule has 0 aromatic rings. The topological polar surface area (TPSA) is 95.9 Å². The van der Waals surface area contributed by atoms with Gasteiger partial charge in [-0.05, 0) is 64.2 Å². The molecule has 0 radical (unpaired) electrons. The third-order valence-electron chi connectivity index (χ3n) is 11.4. The van der Waals surface area contributed by atoms with Crippen molar-refractivity contribution >= 4 is 11.9 Å². The zero-order chi connectivity index (χ0) is 42.3. The Balaban J connectivity index is 3.52. The van der Waals surface area contributed by atoms with Crippen LogP contribution in [0.15, 0.2) is 36.5 Å². The molecule has 0 bridgehead atoms. The summed E-state index contributed by atoms with van der Waals surface area (Å²) in [6.07, 6.45) is 57.0. The first-order valence-corrected chi connectivity index (χ1v) is 25.3. The summed E-state index contributed by atoms with van der Waals surface area (Å²) < 4.78 is 5.45. The Kier molecular flexibility index (Phi) is 46.2. The number of aliphatic hydroxyl groups is 2. The minimum atomic E-state index is -0.859. The highest BCUT2D eigenvalue weighted by molar-refractivity contribution is 5.76. The molecule has 1 amide bonds. The molecule has 0 aromatic carbocycles. The number of carbonyl (C=O) groups excluding carboxylic acids is 2. The van der Waals surface area contributed by atoms with E-state index < -0.39 is 12.1 Å². The summed E-state index contributed by atoms with van der Waals surface area (Å²) in [5.74, 6) is -0.121. The van der Waals surface area contributed by atoms with E-state index in [1.54, 1.807) is 6.08 Å². The van der Waals surface area contributed by atoms with Crippen molar-refractivity contribution in [2.24, 2.45) is 0 Å². The number of nitrogens with one attached hydrogen (secondary N) is 1. The van der Waals surface area contributed by atoms with Gasteiger partial charge < -0.3 is 20.3 Å². The minimum absolute atomic E-state index is 0.0292. The number of allylic oxidation sites excluding steroid dienone is 5. The lowest BCUT2D eigenvalue weighted by Gasteiger charge is -2.20. The van der Waals surface area contributed by atoms with Gasteiger partial charge in [0.15, 0.2) is 0 Å². The number of unbranched alkanes of at least 4 members (excludes halogenated alkanes) is 31. The second-order valence-electron chi connectivity index (χ2n) is 17.1. The second-order valence-corrected chi connectivity index (χ2v) is 17.1. The first kappa shape index (κ1) is 56.1. The predicted molar refractivity (Wildman–Crippen MR) is 250 cm³/mol. The van der Waals surface area contributed by atoms with Crippen LogP contribution >= 0.6 is 0 Å². The van der Waals surface area contributed by atoms with Crippen LogP contribution in [0.4, 0.5) is 0 Å². The summed E-state index contributed by atoms with van der Waals surface area (Å²) in [5.41, 5.74) is 0. The SMILES string of the molecule is CCCCC/C=C\C/C=C\CCCCCCCCCC(=O)OCCCCCCCCCCCCC(=O)NC(CO)C(O)/C=C/CCCCCCCCCCCCCC. The maximum atomic E-state index is 12.4. The lowest BCUT2D eigenvalue weighted by molar-refractivity contribution is -0.143. The molecule has 340 valence electrons. The van der Waals surface area contributed by atoms with Crippen LogP contribution in [-0.2, 0) is 14.3 Å². The van der Waals surface area contributed by atoms with Gasteiger partial charge in [-0.1, -0.05) is 217 Å². The van der Waals surface area contributed by atoms with E-state index in [1.165, 1.54) is 167 Å². The molecule has 58 heavy (non-hydrogen) atoms. The molecule has 0 heterocycles. The highest BCUT2D eigenvalue weighted by atomic mass is 16.5. The number of hydrogen-bond donors (Lipinski definition) is 3.